The third-order valence-electron chi connectivity index (χ3n) is 2.23. The Morgan fingerprint density at radius 3 is 2.57 bits per heavy atom. The molecule has 0 aliphatic heterocycles. The molecule has 0 saturated heterocycles. The highest BCUT2D eigenvalue weighted by molar-refractivity contribution is 7.18. The second-order valence-corrected chi connectivity index (χ2v) is 4.59. The van der Waals surface area contributed by atoms with Crippen molar-refractivity contribution in [1.82, 2.24) is 4.98 Å². The van der Waals surface area contributed by atoms with E-state index >= 15 is 0 Å². The summed E-state index contributed by atoms with van der Waals surface area (Å²) >= 11 is 0.662. The van der Waals surface area contributed by atoms with E-state index < -0.39 is 28.0 Å². The summed E-state index contributed by atoms with van der Waals surface area (Å²) in [4.78, 5) is 24.3. The second kappa shape index (κ2) is 5.50. The number of nitrogens with zero attached hydrogens (tertiary/aromatic N) is 4. The van der Waals surface area contributed by atoms with Crippen LogP contribution < -0.4 is 0 Å². The Hall–Kier alpha value is -3.08. The minimum absolute atomic E-state index is 0.0361. The minimum Gasteiger partial charge on any atom is -0.507 e. The van der Waals surface area contributed by atoms with Gasteiger partial charge in [0.1, 0.15) is 28.9 Å². The van der Waals surface area contributed by atoms with E-state index in [2.05, 4.69) is 15.2 Å². The summed E-state index contributed by atoms with van der Waals surface area (Å²) in [7, 11) is 0. The molecule has 0 aliphatic rings. The summed E-state index contributed by atoms with van der Waals surface area (Å²) in [5, 5.41) is 45.0. The van der Waals surface area contributed by atoms with E-state index in [1.54, 1.807) is 0 Å². The molecular weight excluding hydrogens is 304 g/mol. The summed E-state index contributed by atoms with van der Waals surface area (Å²) in [5.41, 5.74) is -0.685. The van der Waals surface area contributed by atoms with Gasteiger partial charge in [-0.25, -0.2) is 9.78 Å². The number of phenols is 2. The van der Waals surface area contributed by atoms with Gasteiger partial charge in [-0.05, 0) is 17.4 Å². The van der Waals surface area contributed by atoms with Gasteiger partial charge in [0.25, 0.3) is 0 Å². The Morgan fingerprint density at radius 1 is 1.29 bits per heavy atom. The Morgan fingerprint density at radius 2 is 2.00 bits per heavy atom. The summed E-state index contributed by atoms with van der Waals surface area (Å²) in [5.74, 6) is -2.52. The molecule has 0 saturated carbocycles. The summed E-state index contributed by atoms with van der Waals surface area (Å²) in [6.45, 7) is 0. The maximum Gasteiger partial charge on any atom is 0.345 e. The lowest BCUT2D eigenvalue weighted by molar-refractivity contribution is -0.380. The van der Waals surface area contributed by atoms with Crippen LogP contribution in [0.25, 0.3) is 0 Å². The first-order chi connectivity index (χ1) is 9.88. The fraction of sp³-hybridized carbons (Fsp3) is 0. The van der Waals surface area contributed by atoms with E-state index in [0.29, 0.717) is 11.3 Å². The van der Waals surface area contributed by atoms with Gasteiger partial charge in [-0.3, -0.25) is 10.1 Å². The van der Waals surface area contributed by atoms with E-state index in [-0.39, 0.29) is 15.8 Å². The molecule has 10 nitrogen and oxygen atoms in total. The number of azo groups is 1. The summed E-state index contributed by atoms with van der Waals surface area (Å²) in [6.07, 6.45) is 0.998. The number of phenolic OH excluding ortho intramolecular Hbond substituents is 1. The number of thiazole rings is 1. The zero-order chi connectivity index (χ0) is 15.6. The van der Waals surface area contributed by atoms with Crippen LogP contribution in [0.4, 0.5) is 15.8 Å². The molecule has 0 spiro atoms. The predicted octanol–water partition coefficient (Wildman–Crippen LogP) is 2.58. The number of hydrogen-bond donors (Lipinski definition) is 3. The topological polar surface area (TPSA) is 159 Å². The highest BCUT2D eigenvalue weighted by Gasteiger charge is 2.15. The van der Waals surface area contributed by atoms with Gasteiger partial charge in [0.2, 0.25) is 5.13 Å². The lowest BCUT2D eigenvalue weighted by Crippen LogP contribution is -1.96. The monoisotopic (exact) mass is 310 g/mol. The Kier molecular flexibility index (Phi) is 3.75. The van der Waals surface area contributed by atoms with Crippen LogP contribution in [-0.2, 0) is 0 Å². The molecule has 0 unspecified atom stereocenters. The number of aromatic nitrogens is 1. The lowest BCUT2D eigenvalue weighted by atomic mass is 10.1. The van der Waals surface area contributed by atoms with Gasteiger partial charge in [0, 0.05) is 6.07 Å². The van der Waals surface area contributed by atoms with Crippen molar-refractivity contribution in [3.8, 4) is 11.5 Å². The SMILES string of the molecule is O=C(O)c1cc(N=Nc2ncc([N+](=O)[O-])s2)c(O)cc1O. The van der Waals surface area contributed by atoms with E-state index in [1.165, 1.54) is 0 Å². The van der Waals surface area contributed by atoms with Crippen molar-refractivity contribution in [1.29, 1.82) is 0 Å². The highest BCUT2D eigenvalue weighted by Crippen LogP contribution is 2.35. The molecule has 0 atom stereocenters. The number of carbonyl (C=O) groups is 1. The Labute approximate surface area is 119 Å². The molecule has 108 valence electrons. The number of benzene rings is 1. The number of hydrogen-bond acceptors (Lipinski definition) is 9. The van der Waals surface area contributed by atoms with E-state index in [4.69, 9.17) is 5.11 Å². The van der Waals surface area contributed by atoms with Crippen molar-refractivity contribution in [2.24, 2.45) is 10.2 Å². The first-order valence-electron chi connectivity index (χ1n) is 5.19. The first kappa shape index (κ1) is 14.3. The fourth-order valence-corrected chi connectivity index (χ4v) is 1.86. The third-order valence-corrected chi connectivity index (χ3v) is 3.06. The van der Waals surface area contributed by atoms with Crippen LogP contribution in [0.3, 0.4) is 0 Å². The van der Waals surface area contributed by atoms with Crippen LogP contribution in [0, 0.1) is 10.1 Å². The van der Waals surface area contributed by atoms with Gasteiger partial charge in [-0.1, -0.05) is 0 Å². The molecule has 2 aromatic rings. The smallest absolute Gasteiger partial charge is 0.345 e. The number of aromatic carboxylic acids is 1. The molecule has 2 rings (SSSR count). The molecule has 0 radical (unpaired) electrons. The van der Waals surface area contributed by atoms with Gasteiger partial charge in [-0.15, -0.1) is 10.2 Å². The van der Waals surface area contributed by atoms with E-state index in [0.717, 1.165) is 18.3 Å². The second-order valence-electron chi connectivity index (χ2n) is 3.60. The highest BCUT2D eigenvalue weighted by atomic mass is 32.1. The normalized spacial score (nSPS) is 10.9. The molecule has 0 bridgehead atoms. The quantitative estimate of drug-likeness (QED) is 0.444. The zero-order valence-electron chi connectivity index (χ0n) is 10.00. The number of carboxylic acids is 1. The predicted molar refractivity (Wildman–Crippen MR) is 69.7 cm³/mol. The number of nitro groups is 1. The summed E-state index contributed by atoms with van der Waals surface area (Å²) < 4.78 is 0. The zero-order valence-corrected chi connectivity index (χ0v) is 10.8. The lowest BCUT2D eigenvalue weighted by Gasteiger charge is -2.02. The van der Waals surface area contributed by atoms with Gasteiger partial charge in [-0.2, -0.15) is 0 Å². The van der Waals surface area contributed by atoms with Gasteiger partial charge < -0.3 is 15.3 Å². The number of rotatable bonds is 4. The average molecular weight is 310 g/mol. The average Bonchev–Trinajstić information content (AvgIpc) is 2.86. The third kappa shape index (κ3) is 3.09. The van der Waals surface area contributed by atoms with E-state index in [1.807, 2.05) is 0 Å². The van der Waals surface area contributed by atoms with Crippen molar-refractivity contribution in [2.45, 2.75) is 0 Å². The molecule has 3 N–H and O–H groups in total. The molecule has 0 aliphatic carbocycles. The molecule has 1 heterocycles. The Balaban J connectivity index is 2.33. The Bertz CT molecular complexity index is 756. The largest absolute Gasteiger partial charge is 0.507 e. The molecular formula is C10H6N4O6S. The first-order valence-corrected chi connectivity index (χ1v) is 6.01. The van der Waals surface area contributed by atoms with Gasteiger partial charge >= 0.3 is 11.0 Å². The van der Waals surface area contributed by atoms with Crippen molar-refractivity contribution in [3.63, 3.8) is 0 Å². The van der Waals surface area contributed by atoms with Crippen molar-refractivity contribution < 1.29 is 25.0 Å². The van der Waals surface area contributed by atoms with Crippen molar-refractivity contribution in [3.05, 3.63) is 34.0 Å². The van der Waals surface area contributed by atoms with Crippen LogP contribution in [-0.4, -0.2) is 31.2 Å². The van der Waals surface area contributed by atoms with Gasteiger partial charge in [0.15, 0.2) is 0 Å². The molecule has 0 amide bonds. The maximum atomic E-state index is 10.8. The minimum atomic E-state index is -1.41. The van der Waals surface area contributed by atoms with Crippen LogP contribution in [0.15, 0.2) is 28.6 Å². The molecule has 1 aromatic heterocycles. The van der Waals surface area contributed by atoms with Crippen LogP contribution in [0.5, 0.6) is 11.5 Å². The van der Waals surface area contributed by atoms with Crippen molar-refractivity contribution >= 4 is 33.1 Å². The van der Waals surface area contributed by atoms with E-state index in [9.17, 15) is 25.1 Å². The van der Waals surface area contributed by atoms with Crippen LogP contribution in [0.1, 0.15) is 10.4 Å². The number of aromatic hydroxyl groups is 2. The molecule has 21 heavy (non-hydrogen) atoms. The van der Waals surface area contributed by atoms with Gasteiger partial charge in [0.05, 0.1) is 4.92 Å². The summed E-state index contributed by atoms with van der Waals surface area (Å²) in [6, 6.07) is 1.72. The van der Waals surface area contributed by atoms with Crippen molar-refractivity contribution in [2.75, 3.05) is 0 Å². The molecule has 0 fully saturated rings. The van der Waals surface area contributed by atoms with Crippen LogP contribution in [0.2, 0.25) is 0 Å². The number of carboxylic acid groups (broad SMARTS) is 1. The molecule has 11 heteroatoms. The fourth-order valence-electron chi connectivity index (χ4n) is 1.30. The maximum absolute atomic E-state index is 10.8. The standard InChI is InChI=1S/C10H6N4O6S/c15-6-2-7(16)5(1-4(6)9(17)18)12-13-10-11-3-8(21-10)14(19)20/h1-3,15-16H,(H,17,18). The van der Waals surface area contributed by atoms with Crippen LogP contribution >= 0.6 is 11.3 Å². The molecule has 1 aromatic carbocycles.